The summed E-state index contributed by atoms with van der Waals surface area (Å²) in [6.07, 6.45) is -2.38. The largest absolute Gasteiger partial charge is 0.417 e. The molecule has 0 fully saturated rings. The van der Waals surface area contributed by atoms with E-state index < -0.39 is 11.7 Å². The number of hydrogen-bond donors (Lipinski definition) is 1. The van der Waals surface area contributed by atoms with Crippen LogP contribution in [0.3, 0.4) is 0 Å². The third-order valence-corrected chi connectivity index (χ3v) is 3.59. The van der Waals surface area contributed by atoms with Crippen LogP contribution >= 0.6 is 11.6 Å². The maximum atomic E-state index is 12.5. The summed E-state index contributed by atoms with van der Waals surface area (Å²) in [7, 11) is 0. The van der Waals surface area contributed by atoms with Gasteiger partial charge in [-0.2, -0.15) is 13.2 Å². The van der Waals surface area contributed by atoms with Crippen LogP contribution in [-0.2, 0) is 19.0 Å². The standard InChI is InChI=1S/C15H16ClF3N4/c1-3-12-13(16)14(23-9(2)22-12)20-7-6-11-5-4-10(8-21-11)15(17,18)19/h4-5,8H,3,6-7H2,1-2H3,(H,20,22,23). The Hall–Kier alpha value is -1.89. The lowest BCUT2D eigenvalue weighted by atomic mass is 10.2. The normalized spacial score (nSPS) is 11.6. The van der Waals surface area contributed by atoms with Crippen LogP contribution in [0.4, 0.5) is 19.0 Å². The third kappa shape index (κ3) is 4.54. The Morgan fingerprint density at radius 1 is 1.22 bits per heavy atom. The first-order chi connectivity index (χ1) is 10.8. The highest BCUT2D eigenvalue weighted by molar-refractivity contribution is 6.33. The number of alkyl halides is 3. The van der Waals surface area contributed by atoms with Gasteiger partial charge in [0.05, 0.1) is 11.3 Å². The van der Waals surface area contributed by atoms with E-state index in [-0.39, 0.29) is 0 Å². The van der Waals surface area contributed by atoms with E-state index in [0.717, 1.165) is 18.0 Å². The highest BCUT2D eigenvalue weighted by atomic mass is 35.5. The lowest BCUT2D eigenvalue weighted by Gasteiger charge is -2.11. The molecule has 23 heavy (non-hydrogen) atoms. The molecule has 0 saturated carbocycles. The van der Waals surface area contributed by atoms with Crippen molar-refractivity contribution in [3.8, 4) is 0 Å². The van der Waals surface area contributed by atoms with E-state index >= 15 is 0 Å². The van der Waals surface area contributed by atoms with Crippen molar-refractivity contribution in [2.75, 3.05) is 11.9 Å². The lowest BCUT2D eigenvalue weighted by Crippen LogP contribution is -2.11. The first-order valence-electron chi connectivity index (χ1n) is 7.10. The fraction of sp³-hybridized carbons (Fsp3) is 0.400. The monoisotopic (exact) mass is 344 g/mol. The Morgan fingerprint density at radius 2 is 1.96 bits per heavy atom. The second kappa shape index (κ2) is 7.12. The lowest BCUT2D eigenvalue weighted by molar-refractivity contribution is -0.137. The SMILES string of the molecule is CCc1nc(C)nc(NCCc2ccc(C(F)(F)F)cn2)c1Cl. The molecule has 1 N–H and O–H groups in total. The minimum absolute atomic E-state index is 0.456. The summed E-state index contributed by atoms with van der Waals surface area (Å²) in [5, 5.41) is 3.55. The van der Waals surface area contributed by atoms with Gasteiger partial charge in [-0.1, -0.05) is 18.5 Å². The third-order valence-electron chi connectivity index (χ3n) is 3.19. The average Bonchev–Trinajstić information content (AvgIpc) is 2.50. The summed E-state index contributed by atoms with van der Waals surface area (Å²) >= 11 is 6.21. The molecule has 0 aliphatic rings. The van der Waals surface area contributed by atoms with Crippen molar-refractivity contribution in [2.24, 2.45) is 0 Å². The van der Waals surface area contributed by atoms with Crippen molar-refractivity contribution in [3.63, 3.8) is 0 Å². The summed E-state index contributed by atoms with van der Waals surface area (Å²) < 4.78 is 37.4. The molecular weight excluding hydrogens is 329 g/mol. The number of nitrogens with zero attached hydrogens (tertiary/aromatic N) is 3. The molecule has 2 aromatic heterocycles. The zero-order valence-corrected chi connectivity index (χ0v) is 13.5. The number of halogens is 4. The van der Waals surface area contributed by atoms with Crippen LogP contribution in [0.25, 0.3) is 0 Å². The highest BCUT2D eigenvalue weighted by Gasteiger charge is 2.30. The van der Waals surface area contributed by atoms with Crippen LogP contribution in [0.5, 0.6) is 0 Å². The highest BCUT2D eigenvalue weighted by Crippen LogP contribution is 2.28. The summed E-state index contributed by atoms with van der Waals surface area (Å²) in [5.74, 6) is 1.14. The van der Waals surface area contributed by atoms with Crippen LogP contribution in [0.1, 0.15) is 29.7 Å². The summed E-state index contributed by atoms with van der Waals surface area (Å²) in [5.41, 5.74) is 0.564. The molecule has 124 valence electrons. The van der Waals surface area contributed by atoms with Crippen LogP contribution in [0, 0.1) is 6.92 Å². The summed E-state index contributed by atoms with van der Waals surface area (Å²) in [4.78, 5) is 12.3. The van der Waals surface area contributed by atoms with E-state index in [4.69, 9.17) is 11.6 Å². The number of anilines is 1. The van der Waals surface area contributed by atoms with Crippen molar-refractivity contribution in [3.05, 3.63) is 46.1 Å². The van der Waals surface area contributed by atoms with E-state index in [1.807, 2.05) is 6.92 Å². The van der Waals surface area contributed by atoms with Gasteiger partial charge in [0.1, 0.15) is 16.7 Å². The summed E-state index contributed by atoms with van der Waals surface area (Å²) in [6.45, 7) is 4.18. The van der Waals surface area contributed by atoms with Gasteiger partial charge >= 0.3 is 6.18 Å². The molecule has 2 aromatic rings. The maximum absolute atomic E-state index is 12.5. The molecule has 0 unspecified atom stereocenters. The van der Waals surface area contributed by atoms with Gasteiger partial charge in [-0.15, -0.1) is 0 Å². The molecule has 0 spiro atoms. The topological polar surface area (TPSA) is 50.7 Å². The quantitative estimate of drug-likeness (QED) is 0.888. The van der Waals surface area contributed by atoms with Crippen molar-refractivity contribution in [1.29, 1.82) is 0 Å². The molecule has 0 atom stereocenters. The second-order valence-electron chi connectivity index (χ2n) is 4.95. The van der Waals surface area contributed by atoms with Gasteiger partial charge in [0.15, 0.2) is 0 Å². The molecule has 0 bridgehead atoms. The Balaban J connectivity index is 1.99. The number of hydrogen-bond acceptors (Lipinski definition) is 4. The van der Waals surface area contributed by atoms with Crippen LogP contribution in [0.15, 0.2) is 18.3 Å². The van der Waals surface area contributed by atoms with Crippen molar-refractivity contribution in [1.82, 2.24) is 15.0 Å². The fourth-order valence-corrected chi connectivity index (χ4v) is 2.30. The first kappa shape index (κ1) is 17.5. The smallest absolute Gasteiger partial charge is 0.368 e. The van der Waals surface area contributed by atoms with E-state index in [0.29, 0.717) is 41.7 Å². The minimum atomic E-state index is -4.37. The zero-order valence-electron chi connectivity index (χ0n) is 12.7. The van der Waals surface area contributed by atoms with Crippen LogP contribution < -0.4 is 5.32 Å². The molecule has 0 amide bonds. The van der Waals surface area contributed by atoms with Gasteiger partial charge in [-0.05, 0) is 25.5 Å². The maximum Gasteiger partial charge on any atom is 0.417 e. The number of pyridine rings is 1. The van der Waals surface area contributed by atoms with E-state index in [2.05, 4.69) is 20.3 Å². The number of rotatable bonds is 5. The van der Waals surface area contributed by atoms with Crippen molar-refractivity contribution in [2.45, 2.75) is 32.9 Å². The molecule has 4 nitrogen and oxygen atoms in total. The van der Waals surface area contributed by atoms with Crippen molar-refractivity contribution < 1.29 is 13.2 Å². The minimum Gasteiger partial charge on any atom is -0.368 e. The average molecular weight is 345 g/mol. The van der Waals surface area contributed by atoms with Gasteiger partial charge in [0.2, 0.25) is 0 Å². The number of aryl methyl sites for hydroxylation is 2. The van der Waals surface area contributed by atoms with E-state index in [1.165, 1.54) is 6.07 Å². The first-order valence-corrected chi connectivity index (χ1v) is 7.48. The predicted molar refractivity (Wildman–Crippen MR) is 82.6 cm³/mol. The Bertz CT molecular complexity index is 672. The van der Waals surface area contributed by atoms with E-state index in [9.17, 15) is 13.2 Å². The van der Waals surface area contributed by atoms with Crippen LogP contribution in [-0.4, -0.2) is 21.5 Å². The van der Waals surface area contributed by atoms with Crippen LogP contribution in [0.2, 0.25) is 5.02 Å². The zero-order chi connectivity index (χ0) is 17.0. The molecule has 2 heterocycles. The van der Waals surface area contributed by atoms with Crippen molar-refractivity contribution >= 4 is 17.4 Å². The van der Waals surface area contributed by atoms with E-state index in [1.54, 1.807) is 6.92 Å². The second-order valence-corrected chi connectivity index (χ2v) is 5.32. The molecule has 8 heteroatoms. The molecular formula is C15H16ClF3N4. The molecule has 0 aliphatic carbocycles. The van der Waals surface area contributed by atoms with Gasteiger partial charge in [-0.25, -0.2) is 9.97 Å². The molecule has 0 radical (unpaired) electrons. The Labute approximate surface area is 137 Å². The Kier molecular flexibility index (Phi) is 5.41. The molecule has 2 rings (SSSR count). The predicted octanol–water partition coefficient (Wildman–Crippen LogP) is 4.07. The number of aromatic nitrogens is 3. The molecule has 0 saturated heterocycles. The fourth-order valence-electron chi connectivity index (χ4n) is 2.02. The Morgan fingerprint density at radius 3 is 2.52 bits per heavy atom. The van der Waals surface area contributed by atoms with Gasteiger partial charge in [-0.3, -0.25) is 4.98 Å². The molecule has 0 aliphatic heterocycles. The van der Waals surface area contributed by atoms with Gasteiger partial charge in [0.25, 0.3) is 0 Å². The van der Waals surface area contributed by atoms with Gasteiger partial charge < -0.3 is 5.32 Å². The number of nitrogens with one attached hydrogen (secondary N) is 1. The van der Waals surface area contributed by atoms with Gasteiger partial charge in [0, 0.05) is 24.9 Å². The molecule has 0 aromatic carbocycles. The summed E-state index contributed by atoms with van der Waals surface area (Å²) in [6, 6.07) is 2.40.